The number of nitrogens with two attached hydrogens (primary N) is 1. The number of rotatable bonds is 13. The fourth-order valence-corrected chi connectivity index (χ4v) is 6.52. The summed E-state index contributed by atoms with van der Waals surface area (Å²) in [5, 5.41) is 3.94. The fraction of sp³-hybridized carbons (Fsp3) is 0.621. The number of primary amides is 1. The number of benzene rings is 1. The molecule has 0 radical (unpaired) electrons. The normalized spacial score (nSPS) is 18.8. The predicted octanol–water partition coefficient (Wildman–Crippen LogP) is 1.06. The van der Waals surface area contributed by atoms with E-state index in [9.17, 15) is 27.6 Å². The van der Waals surface area contributed by atoms with Crippen LogP contribution in [0.5, 0.6) is 0 Å². The van der Waals surface area contributed by atoms with Crippen LogP contribution >= 0.6 is 0 Å². The van der Waals surface area contributed by atoms with Crippen molar-refractivity contribution in [1.82, 2.24) is 19.5 Å². The highest BCUT2D eigenvalue weighted by molar-refractivity contribution is 7.88. The van der Waals surface area contributed by atoms with E-state index < -0.39 is 51.6 Å². The van der Waals surface area contributed by atoms with Gasteiger partial charge in [-0.25, -0.2) is 18.6 Å². The van der Waals surface area contributed by atoms with Crippen LogP contribution in [0, 0.1) is 5.92 Å². The van der Waals surface area contributed by atoms with E-state index in [2.05, 4.69) is 10.5 Å². The number of ether oxygens (including phenoxy) is 2. The standard InChI is InChI=1S/C29H44N6O8S/c1-21(36)42-19-29(2,3)43-28(39)32-31-20-33-15-12-23(13-16-33)18-35(44(4,40)41)25(17-22-9-6-5-7-10-22)27(38)34-14-8-11-24(34)26(30)37/h5-7,9-10,20,23-25H,8,11-19H2,1-4H3,(H2,30,37)(H,32,39)/t24-,25+/m0/s1. The summed E-state index contributed by atoms with van der Waals surface area (Å²) in [5.41, 5.74) is 7.64. The highest BCUT2D eigenvalue weighted by Gasteiger charge is 2.41. The molecule has 0 saturated carbocycles. The van der Waals surface area contributed by atoms with Gasteiger partial charge in [-0.3, -0.25) is 14.4 Å². The van der Waals surface area contributed by atoms with Gasteiger partial charge in [0.05, 0.1) is 6.26 Å². The summed E-state index contributed by atoms with van der Waals surface area (Å²) in [7, 11) is -3.82. The molecule has 1 aromatic rings. The second kappa shape index (κ2) is 15.3. The molecule has 2 aliphatic heterocycles. The summed E-state index contributed by atoms with van der Waals surface area (Å²) < 4.78 is 37.7. The summed E-state index contributed by atoms with van der Waals surface area (Å²) in [6.45, 7) is 5.95. The number of hydrazone groups is 1. The van der Waals surface area contributed by atoms with Gasteiger partial charge < -0.3 is 25.0 Å². The van der Waals surface area contributed by atoms with Crippen molar-refractivity contribution < 1.29 is 37.1 Å². The Hall–Kier alpha value is -3.72. The first-order chi connectivity index (χ1) is 20.7. The molecule has 2 fully saturated rings. The average Bonchev–Trinajstić information content (AvgIpc) is 3.45. The van der Waals surface area contributed by atoms with Crippen molar-refractivity contribution in [2.24, 2.45) is 16.8 Å². The summed E-state index contributed by atoms with van der Waals surface area (Å²) in [4.78, 5) is 52.4. The molecule has 1 aromatic carbocycles. The molecule has 0 spiro atoms. The van der Waals surface area contributed by atoms with E-state index >= 15 is 0 Å². The van der Waals surface area contributed by atoms with Gasteiger partial charge in [0.2, 0.25) is 21.8 Å². The van der Waals surface area contributed by atoms with E-state index in [-0.39, 0.29) is 25.5 Å². The quantitative estimate of drug-likeness (QED) is 0.138. The van der Waals surface area contributed by atoms with E-state index in [1.807, 2.05) is 35.2 Å². The number of hydrogen-bond donors (Lipinski definition) is 2. The van der Waals surface area contributed by atoms with E-state index in [0.717, 1.165) is 11.8 Å². The number of hydrogen-bond acceptors (Lipinski definition) is 9. The van der Waals surface area contributed by atoms with E-state index in [0.29, 0.717) is 45.3 Å². The van der Waals surface area contributed by atoms with Crippen molar-refractivity contribution in [2.75, 3.05) is 39.0 Å². The molecule has 0 aromatic heterocycles. The molecule has 2 heterocycles. The molecule has 2 aliphatic rings. The van der Waals surface area contributed by atoms with Crippen LogP contribution in [0.15, 0.2) is 35.4 Å². The molecule has 14 nitrogen and oxygen atoms in total. The highest BCUT2D eigenvalue weighted by Crippen LogP contribution is 2.26. The molecular weight excluding hydrogens is 592 g/mol. The van der Waals surface area contributed by atoms with E-state index in [4.69, 9.17) is 15.2 Å². The van der Waals surface area contributed by atoms with Gasteiger partial charge in [-0.1, -0.05) is 30.3 Å². The lowest BCUT2D eigenvalue weighted by atomic mass is 9.96. The molecule has 3 N–H and O–H groups in total. The van der Waals surface area contributed by atoms with Crippen LogP contribution in [0.3, 0.4) is 0 Å². The molecule has 0 bridgehead atoms. The van der Waals surface area contributed by atoms with Crippen molar-refractivity contribution in [2.45, 2.75) is 70.6 Å². The van der Waals surface area contributed by atoms with Gasteiger partial charge in [0.15, 0.2) is 0 Å². The number of esters is 1. The maximum atomic E-state index is 13.9. The van der Waals surface area contributed by atoms with Gasteiger partial charge in [0, 0.05) is 33.1 Å². The zero-order valence-electron chi connectivity index (χ0n) is 25.8. The number of likely N-dealkylation sites (tertiary alicyclic amines) is 2. The Labute approximate surface area is 258 Å². The van der Waals surface area contributed by atoms with E-state index in [1.165, 1.54) is 22.5 Å². The average molecular weight is 637 g/mol. The lowest BCUT2D eigenvalue weighted by Gasteiger charge is -2.37. The van der Waals surface area contributed by atoms with Gasteiger partial charge in [0.25, 0.3) is 0 Å². The second-order valence-corrected chi connectivity index (χ2v) is 13.8. The highest BCUT2D eigenvalue weighted by atomic mass is 32.2. The number of nitrogens with one attached hydrogen (secondary N) is 1. The number of piperidine rings is 1. The van der Waals surface area contributed by atoms with Crippen LogP contribution in [0.1, 0.15) is 52.0 Å². The fourth-order valence-electron chi connectivity index (χ4n) is 5.41. The number of amides is 3. The first-order valence-electron chi connectivity index (χ1n) is 14.7. The largest absolute Gasteiger partial charge is 0.462 e. The van der Waals surface area contributed by atoms with Crippen molar-refractivity contribution >= 4 is 40.2 Å². The summed E-state index contributed by atoms with van der Waals surface area (Å²) >= 11 is 0. The predicted molar refractivity (Wildman–Crippen MR) is 163 cm³/mol. The molecule has 15 heteroatoms. The third-order valence-corrected chi connectivity index (χ3v) is 8.91. The molecule has 2 saturated heterocycles. The van der Waals surface area contributed by atoms with Crippen molar-refractivity contribution in [3.63, 3.8) is 0 Å². The van der Waals surface area contributed by atoms with Crippen LogP contribution in [0.2, 0.25) is 0 Å². The maximum absolute atomic E-state index is 13.9. The van der Waals surface area contributed by atoms with Gasteiger partial charge in [-0.05, 0) is 57.4 Å². The molecule has 2 atom stereocenters. The van der Waals surface area contributed by atoms with Crippen molar-refractivity contribution in [1.29, 1.82) is 0 Å². The first kappa shape index (κ1) is 34.8. The van der Waals surface area contributed by atoms with E-state index in [1.54, 1.807) is 13.8 Å². The summed E-state index contributed by atoms with van der Waals surface area (Å²) in [6.07, 6.45) is 4.27. The minimum absolute atomic E-state index is 0.0361. The Morgan fingerprint density at radius 2 is 1.80 bits per heavy atom. The zero-order chi connectivity index (χ0) is 32.5. The monoisotopic (exact) mass is 636 g/mol. The lowest BCUT2D eigenvalue weighted by molar-refractivity contribution is -0.147. The molecule has 3 rings (SSSR count). The molecule has 44 heavy (non-hydrogen) atoms. The minimum atomic E-state index is -3.82. The molecule has 3 amide bonds. The number of nitrogens with zero attached hydrogens (tertiary/aromatic N) is 4. The zero-order valence-corrected chi connectivity index (χ0v) is 26.6. The van der Waals surface area contributed by atoms with Gasteiger partial charge in [0.1, 0.15) is 30.6 Å². The van der Waals surface area contributed by atoms with Crippen LogP contribution in [0.25, 0.3) is 0 Å². The summed E-state index contributed by atoms with van der Waals surface area (Å²) in [5.74, 6) is -1.53. The van der Waals surface area contributed by atoms with Gasteiger partial charge in [-0.15, -0.1) is 0 Å². The van der Waals surface area contributed by atoms with Crippen LogP contribution in [-0.4, -0.2) is 109 Å². The minimum Gasteiger partial charge on any atom is -0.462 e. The molecule has 244 valence electrons. The summed E-state index contributed by atoms with van der Waals surface area (Å²) in [6, 6.07) is 7.43. The number of carbonyl (C=O) groups is 4. The van der Waals surface area contributed by atoms with Crippen LogP contribution < -0.4 is 11.2 Å². The molecule has 0 aliphatic carbocycles. The van der Waals surface area contributed by atoms with Crippen LogP contribution in [-0.2, 0) is 40.3 Å². The third-order valence-electron chi connectivity index (χ3n) is 7.65. The number of carbonyl (C=O) groups excluding carboxylic acids is 4. The first-order valence-corrected chi connectivity index (χ1v) is 16.5. The van der Waals surface area contributed by atoms with Gasteiger partial charge >= 0.3 is 12.1 Å². The Morgan fingerprint density at radius 1 is 1.14 bits per heavy atom. The topological polar surface area (TPSA) is 181 Å². The lowest BCUT2D eigenvalue weighted by Crippen LogP contribution is -2.56. The smallest absolute Gasteiger partial charge is 0.428 e. The Balaban J connectivity index is 1.64. The maximum Gasteiger partial charge on any atom is 0.428 e. The van der Waals surface area contributed by atoms with Crippen molar-refractivity contribution in [3.05, 3.63) is 35.9 Å². The Morgan fingerprint density at radius 3 is 2.39 bits per heavy atom. The third kappa shape index (κ3) is 10.5. The molecule has 0 unspecified atom stereocenters. The van der Waals surface area contributed by atoms with Crippen molar-refractivity contribution in [3.8, 4) is 0 Å². The second-order valence-electron chi connectivity index (χ2n) is 11.9. The SMILES string of the molecule is CC(=O)OCC(C)(C)OC(=O)NN=CN1CCC(CN([C@H](Cc2ccccc2)C(=O)N2CCC[C@H]2C(N)=O)S(C)(=O)=O)CC1. The number of sulfonamides is 1. The van der Waals surface area contributed by atoms with Gasteiger partial charge in [-0.2, -0.15) is 9.41 Å². The molecular formula is C29H44N6O8S. The Kier molecular flexibility index (Phi) is 12.1. The van der Waals surface area contributed by atoms with Crippen LogP contribution in [0.4, 0.5) is 4.79 Å². The Bertz CT molecular complexity index is 1300.